The van der Waals surface area contributed by atoms with Crippen molar-refractivity contribution < 1.29 is 10.2 Å². The normalized spacial score (nSPS) is 11.2. The first-order valence-electron chi connectivity index (χ1n) is 9.66. The molecule has 0 aliphatic heterocycles. The van der Waals surface area contributed by atoms with E-state index < -0.39 is 0 Å². The number of unbranched alkanes of at least 4 members (excludes halogenated alkanes) is 9. The number of hydrogen-bond acceptors (Lipinski definition) is 2. The van der Waals surface area contributed by atoms with Crippen LogP contribution in [0.15, 0.2) is 30.3 Å². The molecule has 0 radical (unpaired) electrons. The summed E-state index contributed by atoms with van der Waals surface area (Å²) in [5, 5.41) is 22.1. The van der Waals surface area contributed by atoms with Gasteiger partial charge >= 0.3 is 0 Å². The average Bonchev–Trinajstić information content (AvgIpc) is 2.60. The Kier molecular flexibility index (Phi) is 7.94. The minimum atomic E-state index is 0.0233. The van der Waals surface area contributed by atoms with Crippen LogP contribution in [0.25, 0.3) is 10.8 Å². The Labute approximate surface area is 146 Å². The summed E-state index contributed by atoms with van der Waals surface area (Å²) >= 11 is 0. The van der Waals surface area contributed by atoms with Crippen LogP contribution in [-0.2, 0) is 6.42 Å². The number of phenols is 2. The molecule has 0 fully saturated rings. The van der Waals surface area contributed by atoms with Gasteiger partial charge in [-0.25, -0.2) is 0 Å². The van der Waals surface area contributed by atoms with Crippen LogP contribution in [0.5, 0.6) is 11.5 Å². The van der Waals surface area contributed by atoms with Crippen LogP contribution in [-0.4, -0.2) is 10.2 Å². The molecule has 0 saturated carbocycles. The zero-order valence-corrected chi connectivity index (χ0v) is 15.1. The molecule has 2 rings (SSSR count). The largest absolute Gasteiger partial charge is 0.504 e. The maximum Gasteiger partial charge on any atom is 0.165 e. The third-order valence-electron chi connectivity index (χ3n) is 4.87. The molecule has 0 unspecified atom stereocenters. The molecule has 0 saturated heterocycles. The summed E-state index contributed by atoms with van der Waals surface area (Å²) in [5.41, 5.74) is 0.866. The van der Waals surface area contributed by atoms with E-state index in [-0.39, 0.29) is 11.5 Å². The zero-order valence-electron chi connectivity index (χ0n) is 15.1. The summed E-state index contributed by atoms with van der Waals surface area (Å²) in [6, 6.07) is 9.68. The summed E-state index contributed by atoms with van der Waals surface area (Å²) in [6.07, 6.45) is 13.9. The number of phenolic OH excluding ortho intramolecular Hbond substituents is 2. The van der Waals surface area contributed by atoms with Gasteiger partial charge in [-0.1, -0.05) is 89.0 Å². The fraction of sp³-hybridized carbons (Fsp3) is 0.545. The second-order valence-corrected chi connectivity index (χ2v) is 6.89. The SMILES string of the molecule is CCCCCCCCCCCCc1cc2ccccc2c(O)c1O. The number of aryl methyl sites for hydroxylation is 1. The molecule has 2 aromatic carbocycles. The molecule has 0 aliphatic carbocycles. The van der Waals surface area contributed by atoms with E-state index in [1.807, 2.05) is 30.3 Å². The van der Waals surface area contributed by atoms with Crippen molar-refractivity contribution in [2.24, 2.45) is 0 Å². The van der Waals surface area contributed by atoms with E-state index in [2.05, 4.69) is 6.92 Å². The van der Waals surface area contributed by atoms with Crippen molar-refractivity contribution in [1.82, 2.24) is 0 Å². The van der Waals surface area contributed by atoms with Crippen LogP contribution >= 0.6 is 0 Å². The van der Waals surface area contributed by atoms with Crippen LogP contribution in [0.2, 0.25) is 0 Å². The van der Waals surface area contributed by atoms with Crippen molar-refractivity contribution in [3.8, 4) is 11.5 Å². The van der Waals surface area contributed by atoms with Crippen LogP contribution in [0.4, 0.5) is 0 Å². The minimum Gasteiger partial charge on any atom is -0.504 e. The van der Waals surface area contributed by atoms with Crippen molar-refractivity contribution in [3.05, 3.63) is 35.9 Å². The molecule has 0 aromatic heterocycles. The maximum absolute atomic E-state index is 10.2. The lowest BCUT2D eigenvalue weighted by atomic mass is 9.99. The van der Waals surface area contributed by atoms with E-state index in [1.165, 1.54) is 57.8 Å². The maximum atomic E-state index is 10.2. The molecule has 0 heterocycles. The van der Waals surface area contributed by atoms with E-state index in [0.717, 1.165) is 29.2 Å². The average molecular weight is 328 g/mol. The second-order valence-electron chi connectivity index (χ2n) is 6.89. The molecule has 0 atom stereocenters. The third-order valence-corrected chi connectivity index (χ3v) is 4.87. The molecular weight excluding hydrogens is 296 g/mol. The van der Waals surface area contributed by atoms with E-state index in [0.29, 0.717) is 0 Å². The standard InChI is InChI=1S/C22H32O2/c1-2-3-4-5-6-7-8-9-10-11-15-19-17-18-14-12-13-16-20(18)22(24)21(19)23/h12-14,16-17,23-24H,2-11,15H2,1H3. The van der Waals surface area contributed by atoms with Gasteiger partial charge in [0.25, 0.3) is 0 Å². The number of benzene rings is 2. The highest BCUT2D eigenvalue weighted by atomic mass is 16.3. The van der Waals surface area contributed by atoms with Crippen molar-refractivity contribution >= 4 is 10.8 Å². The van der Waals surface area contributed by atoms with E-state index >= 15 is 0 Å². The number of hydrogen-bond donors (Lipinski definition) is 2. The topological polar surface area (TPSA) is 40.5 Å². The van der Waals surface area contributed by atoms with Crippen molar-refractivity contribution in [3.63, 3.8) is 0 Å². The molecule has 132 valence electrons. The van der Waals surface area contributed by atoms with Crippen LogP contribution < -0.4 is 0 Å². The quantitative estimate of drug-likeness (QED) is 0.355. The summed E-state index contributed by atoms with van der Waals surface area (Å²) in [6.45, 7) is 2.26. The van der Waals surface area contributed by atoms with Gasteiger partial charge in [0, 0.05) is 5.39 Å². The Hall–Kier alpha value is -1.70. The second kappa shape index (κ2) is 10.2. The van der Waals surface area contributed by atoms with Gasteiger partial charge in [-0.05, 0) is 29.9 Å². The Bertz CT molecular complexity index is 619. The van der Waals surface area contributed by atoms with Gasteiger partial charge in [-0.3, -0.25) is 0 Å². The molecule has 0 spiro atoms. The lowest BCUT2D eigenvalue weighted by Gasteiger charge is -2.10. The van der Waals surface area contributed by atoms with Crippen molar-refractivity contribution in [2.45, 2.75) is 77.6 Å². The van der Waals surface area contributed by atoms with Gasteiger partial charge in [0.2, 0.25) is 0 Å². The first kappa shape index (κ1) is 18.6. The Morgan fingerprint density at radius 2 is 1.29 bits per heavy atom. The number of fused-ring (bicyclic) bond motifs is 1. The van der Waals surface area contributed by atoms with Crippen LogP contribution in [0.3, 0.4) is 0 Å². The number of aromatic hydroxyl groups is 2. The Morgan fingerprint density at radius 3 is 1.96 bits per heavy atom. The predicted molar refractivity (Wildman–Crippen MR) is 103 cm³/mol. The molecule has 2 aromatic rings. The summed E-state index contributed by atoms with van der Waals surface area (Å²) in [5.74, 6) is 0.0832. The lowest BCUT2D eigenvalue weighted by molar-refractivity contribution is 0.403. The Balaban J connectivity index is 1.69. The van der Waals surface area contributed by atoms with E-state index in [9.17, 15) is 10.2 Å². The summed E-state index contributed by atoms with van der Waals surface area (Å²) < 4.78 is 0. The molecule has 2 nitrogen and oxygen atoms in total. The monoisotopic (exact) mass is 328 g/mol. The number of rotatable bonds is 11. The van der Waals surface area contributed by atoms with Gasteiger partial charge in [-0.15, -0.1) is 0 Å². The highest BCUT2D eigenvalue weighted by Crippen LogP contribution is 2.37. The van der Waals surface area contributed by atoms with Gasteiger partial charge in [0.1, 0.15) is 0 Å². The third kappa shape index (κ3) is 5.43. The van der Waals surface area contributed by atoms with E-state index in [4.69, 9.17) is 0 Å². The van der Waals surface area contributed by atoms with Crippen LogP contribution in [0.1, 0.15) is 76.7 Å². The smallest absolute Gasteiger partial charge is 0.165 e. The van der Waals surface area contributed by atoms with Crippen LogP contribution in [0, 0.1) is 0 Å². The molecule has 2 heteroatoms. The molecule has 0 bridgehead atoms. The molecule has 24 heavy (non-hydrogen) atoms. The van der Waals surface area contributed by atoms with Crippen molar-refractivity contribution in [1.29, 1.82) is 0 Å². The first-order valence-corrected chi connectivity index (χ1v) is 9.66. The molecule has 0 aliphatic rings. The van der Waals surface area contributed by atoms with E-state index in [1.54, 1.807) is 0 Å². The minimum absolute atomic E-state index is 0.0233. The predicted octanol–water partition coefficient (Wildman–Crippen LogP) is 6.71. The van der Waals surface area contributed by atoms with Crippen molar-refractivity contribution in [2.75, 3.05) is 0 Å². The fourth-order valence-electron chi connectivity index (χ4n) is 3.37. The highest BCUT2D eigenvalue weighted by Gasteiger charge is 2.11. The Morgan fingerprint density at radius 1 is 0.708 bits per heavy atom. The molecule has 0 amide bonds. The van der Waals surface area contributed by atoms with Gasteiger partial charge < -0.3 is 10.2 Å². The lowest BCUT2D eigenvalue weighted by Crippen LogP contribution is -1.89. The summed E-state index contributed by atoms with van der Waals surface area (Å²) in [4.78, 5) is 0. The summed E-state index contributed by atoms with van der Waals surface area (Å²) in [7, 11) is 0. The first-order chi connectivity index (χ1) is 11.7. The molecule has 2 N–H and O–H groups in total. The van der Waals surface area contributed by atoms with Gasteiger partial charge in [-0.2, -0.15) is 0 Å². The van der Waals surface area contributed by atoms with Gasteiger partial charge in [0.15, 0.2) is 11.5 Å². The van der Waals surface area contributed by atoms with Gasteiger partial charge in [0.05, 0.1) is 0 Å². The zero-order chi connectivity index (χ0) is 17.2. The fourth-order valence-corrected chi connectivity index (χ4v) is 3.37. The highest BCUT2D eigenvalue weighted by molar-refractivity contribution is 5.91. The molecular formula is C22H32O2.